The number of aromatic nitrogens is 2. The molecule has 1 atom stereocenters. The number of ether oxygens (including phenoxy) is 1. The van der Waals surface area contributed by atoms with Crippen molar-refractivity contribution in [2.24, 2.45) is 0 Å². The quantitative estimate of drug-likeness (QED) is 0.422. The van der Waals surface area contributed by atoms with E-state index in [0.717, 1.165) is 40.3 Å². The lowest BCUT2D eigenvalue weighted by molar-refractivity contribution is 0.0716. The summed E-state index contributed by atoms with van der Waals surface area (Å²) < 4.78 is 11.4. The highest BCUT2D eigenvalue weighted by Crippen LogP contribution is 2.44. The van der Waals surface area contributed by atoms with E-state index >= 15 is 0 Å². The molecule has 1 aliphatic rings. The van der Waals surface area contributed by atoms with Crippen LogP contribution in [0.3, 0.4) is 0 Å². The lowest BCUT2D eigenvalue weighted by atomic mass is 9.95. The molecule has 5 rings (SSSR count). The fourth-order valence-corrected chi connectivity index (χ4v) is 4.20. The van der Waals surface area contributed by atoms with E-state index in [1.165, 1.54) is 5.56 Å². The van der Waals surface area contributed by atoms with Gasteiger partial charge in [0.2, 0.25) is 0 Å². The van der Waals surface area contributed by atoms with Crippen LogP contribution in [0.25, 0.3) is 11.3 Å². The van der Waals surface area contributed by atoms with Crippen LogP contribution >= 0.6 is 0 Å². The van der Waals surface area contributed by atoms with E-state index in [1.807, 2.05) is 53.4 Å². The number of aryl methyl sites for hydroxylation is 1. The second-order valence-corrected chi connectivity index (χ2v) is 8.06. The summed E-state index contributed by atoms with van der Waals surface area (Å²) in [6.07, 6.45) is 2.56. The van der Waals surface area contributed by atoms with Crippen LogP contribution < -0.4 is 4.74 Å². The minimum Gasteiger partial charge on any atom is -0.494 e. The van der Waals surface area contributed by atoms with Crippen LogP contribution in [-0.2, 0) is 6.54 Å². The predicted octanol–water partition coefficient (Wildman–Crippen LogP) is 5.51. The summed E-state index contributed by atoms with van der Waals surface area (Å²) >= 11 is 0. The van der Waals surface area contributed by atoms with Crippen molar-refractivity contribution in [3.63, 3.8) is 0 Å². The largest absolute Gasteiger partial charge is 0.494 e. The number of benzene rings is 2. The van der Waals surface area contributed by atoms with Gasteiger partial charge in [-0.25, -0.2) is 0 Å². The first-order valence-corrected chi connectivity index (χ1v) is 10.9. The Bertz CT molecular complexity index is 1230. The molecule has 3 heterocycles. The van der Waals surface area contributed by atoms with Gasteiger partial charge in [-0.15, -0.1) is 0 Å². The summed E-state index contributed by atoms with van der Waals surface area (Å²) in [5.74, 6) is 1.44. The SMILES string of the molecule is CCCOc1cccc(C2c3c(-c4ccc(C)cc4)n[nH]c3C(=O)N2Cc2ccco2)c1. The Morgan fingerprint density at radius 3 is 2.72 bits per heavy atom. The van der Waals surface area contributed by atoms with E-state index in [-0.39, 0.29) is 11.9 Å². The maximum absolute atomic E-state index is 13.4. The highest BCUT2D eigenvalue weighted by molar-refractivity contribution is 6.00. The molecular weight excluding hydrogens is 402 g/mol. The second kappa shape index (κ2) is 8.38. The van der Waals surface area contributed by atoms with Gasteiger partial charge in [0.25, 0.3) is 5.91 Å². The molecule has 0 saturated carbocycles. The molecule has 0 saturated heterocycles. The smallest absolute Gasteiger partial charge is 0.273 e. The summed E-state index contributed by atoms with van der Waals surface area (Å²) in [5, 5.41) is 7.54. The molecule has 1 unspecified atom stereocenters. The third kappa shape index (κ3) is 3.58. The van der Waals surface area contributed by atoms with Crippen molar-refractivity contribution >= 4 is 5.91 Å². The van der Waals surface area contributed by atoms with Gasteiger partial charge in [0.05, 0.1) is 31.2 Å². The van der Waals surface area contributed by atoms with Crippen molar-refractivity contribution < 1.29 is 13.9 Å². The molecule has 0 bridgehead atoms. The minimum absolute atomic E-state index is 0.0906. The zero-order valence-electron chi connectivity index (χ0n) is 18.2. The molecular formula is C26H25N3O3. The van der Waals surface area contributed by atoms with Gasteiger partial charge in [0, 0.05) is 11.1 Å². The Hall–Kier alpha value is -3.80. The number of amides is 1. The van der Waals surface area contributed by atoms with Gasteiger partial charge in [0.15, 0.2) is 0 Å². The van der Waals surface area contributed by atoms with E-state index in [1.54, 1.807) is 6.26 Å². The van der Waals surface area contributed by atoms with Crippen molar-refractivity contribution in [2.75, 3.05) is 6.61 Å². The molecule has 1 amide bonds. The molecule has 32 heavy (non-hydrogen) atoms. The number of fused-ring (bicyclic) bond motifs is 1. The third-order valence-electron chi connectivity index (χ3n) is 5.74. The molecule has 2 aromatic heterocycles. The summed E-state index contributed by atoms with van der Waals surface area (Å²) in [7, 11) is 0. The van der Waals surface area contributed by atoms with Crippen molar-refractivity contribution in [3.8, 4) is 17.0 Å². The Balaban J connectivity index is 1.62. The van der Waals surface area contributed by atoms with Crippen LogP contribution in [0.15, 0.2) is 71.3 Å². The average Bonchev–Trinajstić information content (AvgIpc) is 3.53. The monoisotopic (exact) mass is 427 g/mol. The van der Waals surface area contributed by atoms with Gasteiger partial charge in [-0.2, -0.15) is 5.10 Å². The summed E-state index contributed by atoms with van der Waals surface area (Å²) in [4.78, 5) is 15.3. The number of hydrogen-bond donors (Lipinski definition) is 1. The Morgan fingerprint density at radius 1 is 1.12 bits per heavy atom. The van der Waals surface area contributed by atoms with Gasteiger partial charge >= 0.3 is 0 Å². The molecule has 6 heteroatoms. The van der Waals surface area contributed by atoms with Crippen molar-refractivity contribution in [1.82, 2.24) is 15.1 Å². The number of hydrogen-bond acceptors (Lipinski definition) is 4. The number of furan rings is 1. The first kappa shape index (κ1) is 20.1. The average molecular weight is 428 g/mol. The highest BCUT2D eigenvalue weighted by Gasteiger charge is 2.42. The van der Waals surface area contributed by atoms with Gasteiger partial charge in [-0.3, -0.25) is 9.89 Å². The van der Waals surface area contributed by atoms with Crippen LogP contribution in [0.4, 0.5) is 0 Å². The van der Waals surface area contributed by atoms with Gasteiger partial charge in [-0.05, 0) is 43.2 Å². The zero-order valence-corrected chi connectivity index (χ0v) is 18.2. The molecule has 6 nitrogen and oxygen atoms in total. The van der Waals surface area contributed by atoms with E-state index in [4.69, 9.17) is 9.15 Å². The standard InChI is InChI=1S/C26H25N3O3/c1-3-13-31-20-7-4-6-19(15-20)25-22-23(18-11-9-17(2)10-12-18)27-28-24(22)26(30)29(25)16-21-8-5-14-32-21/h4-12,14-15,25H,3,13,16H2,1-2H3,(H,27,28). The topological polar surface area (TPSA) is 71.4 Å². The molecule has 0 aliphatic carbocycles. The number of H-pyrrole nitrogens is 1. The third-order valence-corrected chi connectivity index (χ3v) is 5.74. The summed E-state index contributed by atoms with van der Waals surface area (Å²) in [5.41, 5.74) is 5.33. The fourth-order valence-electron chi connectivity index (χ4n) is 4.20. The Labute approximate surface area is 186 Å². The van der Waals surface area contributed by atoms with Crippen LogP contribution in [0.2, 0.25) is 0 Å². The minimum atomic E-state index is -0.303. The van der Waals surface area contributed by atoms with Crippen LogP contribution in [-0.4, -0.2) is 27.6 Å². The number of nitrogens with one attached hydrogen (secondary N) is 1. The van der Waals surface area contributed by atoms with Gasteiger partial charge in [0.1, 0.15) is 17.2 Å². The summed E-state index contributed by atoms with van der Waals surface area (Å²) in [6, 6.07) is 19.6. The molecule has 0 fully saturated rings. The zero-order chi connectivity index (χ0) is 22.1. The molecule has 162 valence electrons. The van der Waals surface area contributed by atoms with E-state index in [0.29, 0.717) is 18.8 Å². The van der Waals surface area contributed by atoms with Gasteiger partial charge in [-0.1, -0.05) is 48.9 Å². The molecule has 0 radical (unpaired) electrons. The van der Waals surface area contributed by atoms with E-state index in [9.17, 15) is 4.79 Å². The first-order valence-electron chi connectivity index (χ1n) is 10.9. The van der Waals surface area contributed by atoms with Crippen molar-refractivity contribution in [3.05, 3.63) is 95.1 Å². The molecule has 4 aromatic rings. The lowest BCUT2D eigenvalue weighted by Crippen LogP contribution is -2.29. The van der Waals surface area contributed by atoms with Crippen molar-refractivity contribution in [2.45, 2.75) is 32.9 Å². The molecule has 2 aromatic carbocycles. The fraction of sp³-hybridized carbons (Fsp3) is 0.231. The molecule has 1 aliphatic heterocycles. The van der Waals surface area contributed by atoms with Crippen LogP contribution in [0.5, 0.6) is 5.75 Å². The second-order valence-electron chi connectivity index (χ2n) is 8.06. The van der Waals surface area contributed by atoms with Crippen molar-refractivity contribution in [1.29, 1.82) is 0 Å². The van der Waals surface area contributed by atoms with E-state index in [2.05, 4.69) is 36.2 Å². The molecule has 0 spiro atoms. The number of nitrogens with zero attached hydrogens (tertiary/aromatic N) is 2. The number of aromatic amines is 1. The number of carbonyl (C=O) groups excluding carboxylic acids is 1. The first-order chi connectivity index (χ1) is 15.7. The maximum Gasteiger partial charge on any atom is 0.273 e. The van der Waals surface area contributed by atoms with Crippen LogP contribution in [0, 0.1) is 6.92 Å². The molecule has 1 N–H and O–H groups in total. The Kier molecular flexibility index (Phi) is 5.27. The Morgan fingerprint density at radius 2 is 1.97 bits per heavy atom. The maximum atomic E-state index is 13.4. The van der Waals surface area contributed by atoms with Crippen LogP contribution in [0.1, 0.15) is 52.3 Å². The summed E-state index contributed by atoms with van der Waals surface area (Å²) in [6.45, 7) is 5.15. The number of rotatable bonds is 7. The van der Waals surface area contributed by atoms with E-state index < -0.39 is 0 Å². The van der Waals surface area contributed by atoms with Gasteiger partial charge < -0.3 is 14.1 Å². The lowest BCUT2D eigenvalue weighted by Gasteiger charge is -2.26. The predicted molar refractivity (Wildman–Crippen MR) is 121 cm³/mol. The highest BCUT2D eigenvalue weighted by atomic mass is 16.5. The normalized spacial score (nSPS) is 15.2. The number of carbonyl (C=O) groups is 1.